The molecule has 1 aliphatic rings. The smallest absolute Gasteiger partial charge is 0.270 e. The van der Waals surface area contributed by atoms with Crippen molar-refractivity contribution in [2.75, 3.05) is 0 Å². The molecule has 0 spiro atoms. The molecule has 6 nitrogen and oxygen atoms in total. The highest BCUT2D eigenvalue weighted by atomic mass is 32.1. The lowest BCUT2D eigenvalue weighted by atomic mass is 10.0. The van der Waals surface area contributed by atoms with Crippen molar-refractivity contribution in [2.24, 2.45) is 4.99 Å². The minimum Gasteiger partial charge on any atom is -0.492 e. The van der Waals surface area contributed by atoms with Gasteiger partial charge in [0.25, 0.3) is 5.69 Å². The molecule has 0 unspecified atom stereocenters. The molecule has 0 saturated heterocycles. The largest absolute Gasteiger partial charge is 0.492 e. The summed E-state index contributed by atoms with van der Waals surface area (Å²) < 4.78 is 0. The minimum atomic E-state index is -0.427. The fraction of sp³-hybridized carbons (Fsp3) is 0.0526. The Labute approximate surface area is 153 Å². The van der Waals surface area contributed by atoms with Crippen molar-refractivity contribution in [2.45, 2.75) is 6.92 Å². The summed E-state index contributed by atoms with van der Waals surface area (Å²) in [6, 6.07) is 14.2. The Hall–Kier alpha value is -3.32. The van der Waals surface area contributed by atoms with Crippen LogP contribution in [0.25, 0.3) is 22.2 Å². The van der Waals surface area contributed by atoms with Gasteiger partial charge in [-0.25, -0.2) is 4.98 Å². The van der Waals surface area contributed by atoms with E-state index < -0.39 is 4.92 Å². The van der Waals surface area contributed by atoms with Crippen LogP contribution in [-0.4, -0.2) is 20.7 Å². The molecule has 0 bridgehead atoms. The average Bonchev–Trinajstić information content (AvgIpc) is 3.16. The minimum absolute atomic E-state index is 0.0121. The number of rotatable bonds is 3. The number of non-ortho nitro benzene ring substituents is 1. The number of aromatic hydroxyl groups is 1. The van der Waals surface area contributed by atoms with Crippen LogP contribution < -0.4 is 0 Å². The molecule has 3 aromatic rings. The molecule has 2 heterocycles. The first kappa shape index (κ1) is 16.2. The highest BCUT2D eigenvalue weighted by Crippen LogP contribution is 2.40. The molecule has 0 fully saturated rings. The van der Waals surface area contributed by atoms with Gasteiger partial charge in [0.2, 0.25) is 5.88 Å². The number of hydrogen-bond donors (Lipinski definition) is 1. The zero-order valence-electron chi connectivity index (χ0n) is 13.7. The molecule has 1 aliphatic heterocycles. The maximum absolute atomic E-state index is 11.1. The van der Waals surface area contributed by atoms with Crippen LogP contribution in [0.5, 0.6) is 5.88 Å². The molecule has 0 amide bonds. The van der Waals surface area contributed by atoms with E-state index in [4.69, 9.17) is 0 Å². The van der Waals surface area contributed by atoms with Crippen molar-refractivity contribution in [1.29, 1.82) is 0 Å². The summed E-state index contributed by atoms with van der Waals surface area (Å²) in [7, 11) is 0. The standard InChI is InChI=1S/C19H13N3O3S/c1-11-14(15-9-13(22(24)25)7-8-16(15)20-11)10-17-18(23)21-19(26-17)12-5-3-2-4-6-12/h2-10,23H,1H3/b14-10+. The number of benzene rings is 2. The van der Waals surface area contributed by atoms with Gasteiger partial charge in [0.05, 0.1) is 15.5 Å². The van der Waals surface area contributed by atoms with Gasteiger partial charge in [0, 0.05) is 34.5 Å². The lowest BCUT2D eigenvalue weighted by molar-refractivity contribution is -0.384. The third-order valence-corrected chi connectivity index (χ3v) is 5.13. The zero-order chi connectivity index (χ0) is 18.3. The fourth-order valence-corrected chi connectivity index (χ4v) is 3.73. The lowest BCUT2D eigenvalue weighted by Gasteiger charge is -2.01. The van der Waals surface area contributed by atoms with Crippen LogP contribution in [0.2, 0.25) is 0 Å². The molecule has 4 rings (SSSR count). The molecular formula is C19H13N3O3S. The Morgan fingerprint density at radius 3 is 2.69 bits per heavy atom. The number of nitro groups is 1. The van der Waals surface area contributed by atoms with E-state index in [-0.39, 0.29) is 11.6 Å². The molecule has 0 radical (unpaired) electrons. The molecule has 26 heavy (non-hydrogen) atoms. The van der Waals surface area contributed by atoms with Crippen LogP contribution in [-0.2, 0) is 0 Å². The normalized spacial score (nSPS) is 14.3. The second-order valence-corrected chi connectivity index (χ2v) is 6.82. The van der Waals surface area contributed by atoms with Gasteiger partial charge in [-0.15, -0.1) is 11.3 Å². The Kier molecular flexibility index (Phi) is 3.85. The van der Waals surface area contributed by atoms with Gasteiger partial charge >= 0.3 is 0 Å². The van der Waals surface area contributed by atoms with Gasteiger partial charge in [-0.1, -0.05) is 30.3 Å². The number of aromatic nitrogens is 1. The molecule has 7 heteroatoms. The monoisotopic (exact) mass is 363 g/mol. The van der Waals surface area contributed by atoms with Crippen LogP contribution in [0.4, 0.5) is 11.4 Å². The number of thiazole rings is 1. The Morgan fingerprint density at radius 1 is 1.19 bits per heavy atom. The van der Waals surface area contributed by atoms with Gasteiger partial charge in [-0.05, 0) is 19.1 Å². The number of hydrogen-bond acceptors (Lipinski definition) is 6. The topological polar surface area (TPSA) is 88.6 Å². The van der Waals surface area contributed by atoms with Crippen LogP contribution in [0.1, 0.15) is 17.4 Å². The quantitative estimate of drug-likeness (QED) is 0.520. The Morgan fingerprint density at radius 2 is 1.96 bits per heavy atom. The van der Waals surface area contributed by atoms with E-state index in [1.165, 1.54) is 23.5 Å². The number of fused-ring (bicyclic) bond motifs is 1. The summed E-state index contributed by atoms with van der Waals surface area (Å²) in [5.41, 5.74) is 3.80. The first-order valence-electron chi connectivity index (χ1n) is 7.84. The number of allylic oxidation sites excluding steroid dienone is 1. The van der Waals surface area contributed by atoms with Gasteiger partial charge in [-0.3, -0.25) is 15.1 Å². The summed E-state index contributed by atoms with van der Waals surface area (Å²) in [6.07, 6.45) is 1.79. The van der Waals surface area contributed by atoms with Gasteiger partial charge in [0.1, 0.15) is 5.01 Å². The first-order valence-corrected chi connectivity index (χ1v) is 8.66. The SMILES string of the molecule is CC1=Nc2ccc([N+](=O)[O-])cc2/C1=C/c1sc(-c2ccccc2)nc1O. The molecule has 1 aromatic heterocycles. The second kappa shape index (κ2) is 6.20. The summed E-state index contributed by atoms with van der Waals surface area (Å²) in [6.45, 7) is 1.84. The number of nitrogens with zero attached hydrogens (tertiary/aromatic N) is 3. The van der Waals surface area contributed by atoms with Crippen molar-refractivity contribution in [3.8, 4) is 16.5 Å². The maximum atomic E-state index is 11.1. The molecular weight excluding hydrogens is 350 g/mol. The summed E-state index contributed by atoms with van der Waals surface area (Å²) in [4.78, 5) is 19.9. The zero-order valence-corrected chi connectivity index (χ0v) is 14.5. The number of aliphatic imine (C=N–C) groups is 1. The highest BCUT2D eigenvalue weighted by Gasteiger charge is 2.22. The third kappa shape index (κ3) is 2.78. The first-order chi connectivity index (χ1) is 12.5. The molecule has 0 saturated carbocycles. The van der Waals surface area contributed by atoms with Crippen LogP contribution in [0.3, 0.4) is 0 Å². The van der Waals surface area contributed by atoms with Gasteiger partial charge in [0.15, 0.2) is 0 Å². The second-order valence-electron chi connectivity index (χ2n) is 5.79. The van der Waals surface area contributed by atoms with E-state index in [1.807, 2.05) is 37.3 Å². The van der Waals surface area contributed by atoms with Crippen LogP contribution >= 0.6 is 11.3 Å². The predicted octanol–water partition coefficient (Wildman–Crippen LogP) is 5.07. The summed E-state index contributed by atoms with van der Waals surface area (Å²) in [5.74, 6) is -0.0620. The highest BCUT2D eigenvalue weighted by molar-refractivity contribution is 7.16. The van der Waals surface area contributed by atoms with E-state index in [0.717, 1.165) is 16.8 Å². The fourth-order valence-electron chi connectivity index (χ4n) is 2.82. The molecule has 128 valence electrons. The van der Waals surface area contributed by atoms with E-state index in [2.05, 4.69) is 9.98 Å². The van der Waals surface area contributed by atoms with Crippen molar-refractivity contribution in [3.63, 3.8) is 0 Å². The van der Waals surface area contributed by atoms with Crippen molar-refractivity contribution in [3.05, 3.63) is 69.1 Å². The average molecular weight is 363 g/mol. The Bertz CT molecular complexity index is 1080. The predicted molar refractivity (Wildman–Crippen MR) is 103 cm³/mol. The molecule has 2 aromatic carbocycles. The van der Waals surface area contributed by atoms with Crippen LogP contribution in [0.15, 0.2) is 53.5 Å². The van der Waals surface area contributed by atoms with Crippen molar-refractivity contribution >= 4 is 40.1 Å². The number of nitro benzene ring substituents is 1. The molecule has 0 aliphatic carbocycles. The lowest BCUT2D eigenvalue weighted by Crippen LogP contribution is -1.92. The molecule has 1 N–H and O–H groups in total. The van der Waals surface area contributed by atoms with Crippen molar-refractivity contribution in [1.82, 2.24) is 4.98 Å². The third-order valence-electron chi connectivity index (χ3n) is 4.09. The Balaban J connectivity index is 1.79. The van der Waals surface area contributed by atoms with Gasteiger partial charge in [-0.2, -0.15) is 0 Å². The summed E-state index contributed by atoms with van der Waals surface area (Å²) >= 11 is 1.36. The van der Waals surface area contributed by atoms with E-state index >= 15 is 0 Å². The van der Waals surface area contributed by atoms with E-state index in [9.17, 15) is 15.2 Å². The summed E-state index contributed by atoms with van der Waals surface area (Å²) in [5, 5.41) is 22.0. The van der Waals surface area contributed by atoms with E-state index in [1.54, 1.807) is 12.1 Å². The van der Waals surface area contributed by atoms with Crippen molar-refractivity contribution < 1.29 is 10.0 Å². The maximum Gasteiger partial charge on any atom is 0.270 e. The van der Waals surface area contributed by atoms with Crippen LogP contribution in [0, 0.1) is 10.1 Å². The van der Waals surface area contributed by atoms with Gasteiger partial charge < -0.3 is 5.11 Å². The molecule has 0 atom stereocenters. The van der Waals surface area contributed by atoms with E-state index in [0.29, 0.717) is 21.1 Å².